The van der Waals surface area contributed by atoms with Gasteiger partial charge in [-0.05, 0) is 49.8 Å². The first kappa shape index (κ1) is 18.6. The molecule has 0 spiro atoms. The van der Waals surface area contributed by atoms with Crippen molar-refractivity contribution in [1.82, 2.24) is 0 Å². The second-order valence-electron chi connectivity index (χ2n) is 7.44. The Morgan fingerprint density at radius 3 is 2.39 bits per heavy atom. The van der Waals surface area contributed by atoms with E-state index in [2.05, 4.69) is 0 Å². The molecular weight excluding hydrogens is 373 g/mol. The molecular formula is C21H17F3O4. The molecule has 0 saturated carbocycles. The van der Waals surface area contributed by atoms with Crippen molar-refractivity contribution >= 4 is 11.9 Å². The Morgan fingerprint density at radius 1 is 1.11 bits per heavy atom. The highest BCUT2D eigenvalue weighted by Crippen LogP contribution is 2.45. The highest BCUT2D eigenvalue weighted by atomic mass is 19.4. The Labute approximate surface area is 159 Å². The van der Waals surface area contributed by atoms with Crippen LogP contribution in [0.3, 0.4) is 0 Å². The molecule has 0 saturated heterocycles. The predicted molar refractivity (Wildman–Crippen MR) is 95.2 cm³/mol. The van der Waals surface area contributed by atoms with E-state index < -0.39 is 23.4 Å². The number of rotatable bonds is 2. The van der Waals surface area contributed by atoms with Gasteiger partial charge in [-0.2, -0.15) is 13.2 Å². The van der Waals surface area contributed by atoms with Gasteiger partial charge in [-0.15, -0.1) is 0 Å². The Kier molecular flexibility index (Phi) is 4.04. The van der Waals surface area contributed by atoms with Crippen molar-refractivity contribution in [2.24, 2.45) is 0 Å². The van der Waals surface area contributed by atoms with Crippen molar-refractivity contribution < 1.29 is 32.5 Å². The van der Waals surface area contributed by atoms with Gasteiger partial charge >= 0.3 is 6.18 Å². The molecule has 1 N–H and O–H groups in total. The molecule has 2 aliphatic heterocycles. The van der Waals surface area contributed by atoms with Crippen LogP contribution in [0.2, 0.25) is 0 Å². The van der Waals surface area contributed by atoms with E-state index in [4.69, 9.17) is 9.47 Å². The molecule has 1 atom stereocenters. The van der Waals surface area contributed by atoms with E-state index in [1.54, 1.807) is 26.0 Å². The predicted octanol–water partition coefficient (Wildman–Crippen LogP) is 4.40. The van der Waals surface area contributed by atoms with Crippen LogP contribution in [0.1, 0.15) is 40.9 Å². The van der Waals surface area contributed by atoms with E-state index in [0.717, 1.165) is 12.1 Å². The van der Waals surface area contributed by atoms with Crippen LogP contribution in [-0.4, -0.2) is 22.6 Å². The summed E-state index contributed by atoms with van der Waals surface area (Å²) in [5, 5.41) is 10.2. The number of hydrogen-bond acceptors (Lipinski definition) is 4. The zero-order valence-electron chi connectivity index (χ0n) is 15.1. The van der Waals surface area contributed by atoms with Gasteiger partial charge < -0.3 is 14.6 Å². The van der Waals surface area contributed by atoms with Crippen molar-refractivity contribution in [1.29, 1.82) is 0 Å². The molecule has 0 aromatic heterocycles. The first-order chi connectivity index (χ1) is 13.0. The Morgan fingerprint density at radius 2 is 1.79 bits per heavy atom. The Bertz CT molecular complexity index is 982. The highest BCUT2D eigenvalue weighted by Gasteiger charge is 2.40. The number of benzene rings is 2. The van der Waals surface area contributed by atoms with Crippen LogP contribution in [0.25, 0.3) is 6.08 Å². The molecule has 2 aromatic rings. The minimum absolute atomic E-state index is 0.0369. The molecule has 2 heterocycles. The second-order valence-corrected chi connectivity index (χ2v) is 7.44. The summed E-state index contributed by atoms with van der Waals surface area (Å²) in [5.74, 6) is 0.626. The normalized spacial score (nSPS) is 20.0. The number of aliphatic hydroxyl groups is 1. The van der Waals surface area contributed by atoms with E-state index in [9.17, 15) is 23.1 Å². The fourth-order valence-electron chi connectivity index (χ4n) is 3.29. The molecule has 4 nitrogen and oxygen atoms in total. The van der Waals surface area contributed by atoms with Gasteiger partial charge in [0.05, 0.1) is 16.7 Å². The van der Waals surface area contributed by atoms with Crippen LogP contribution in [0.4, 0.5) is 13.2 Å². The molecule has 2 aliphatic rings. The summed E-state index contributed by atoms with van der Waals surface area (Å²) in [5.41, 5.74) is -0.325. The topological polar surface area (TPSA) is 55.8 Å². The van der Waals surface area contributed by atoms with Crippen molar-refractivity contribution in [2.75, 3.05) is 0 Å². The number of Topliss-reactive ketones (excluding diaryl/α,β-unsaturated/α-hetero) is 1. The number of ketones is 1. The maximum absolute atomic E-state index is 12.7. The van der Waals surface area contributed by atoms with Gasteiger partial charge in [0.2, 0.25) is 5.78 Å². The molecule has 146 valence electrons. The second kappa shape index (κ2) is 6.10. The van der Waals surface area contributed by atoms with Crippen molar-refractivity contribution in [2.45, 2.75) is 38.1 Å². The lowest BCUT2D eigenvalue weighted by atomic mass is 9.96. The summed E-state index contributed by atoms with van der Waals surface area (Å²) in [7, 11) is 0. The van der Waals surface area contributed by atoms with Gasteiger partial charge in [-0.3, -0.25) is 4.79 Å². The highest BCUT2D eigenvalue weighted by molar-refractivity contribution is 6.15. The third kappa shape index (κ3) is 3.16. The van der Waals surface area contributed by atoms with Gasteiger partial charge in [0, 0.05) is 12.0 Å². The number of fused-ring (bicyclic) bond motifs is 3. The van der Waals surface area contributed by atoms with E-state index in [1.807, 2.05) is 0 Å². The van der Waals surface area contributed by atoms with E-state index in [0.29, 0.717) is 34.6 Å². The number of allylic oxidation sites excluding steroid dienone is 1. The quantitative estimate of drug-likeness (QED) is 0.773. The summed E-state index contributed by atoms with van der Waals surface area (Å²) in [6.45, 7) is 3.29. The van der Waals surface area contributed by atoms with E-state index in [1.165, 1.54) is 18.2 Å². The van der Waals surface area contributed by atoms with E-state index in [-0.39, 0.29) is 11.5 Å². The minimum atomic E-state index is -4.42. The Balaban J connectivity index is 1.63. The third-order valence-corrected chi connectivity index (χ3v) is 4.88. The molecule has 0 bridgehead atoms. The summed E-state index contributed by atoms with van der Waals surface area (Å²) in [4.78, 5) is 12.6. The van der Waals surface area contributed by atoms with Crippen LogP contribution in [0.5, 0.6) is 11.5 Å². The molecule has 2 aromatic carbocycles. The zero-order valence-corrected chi connectivity index (χ0v) is 15.1. The lowest BCUT2D eigenvalue weighted by Crippen LogP contribution is -2.39. The number of carbonyl (C=O) groups excluding carboxylic acids is 1. The number of ether oxygens (including phenoxy) is 2. The smallest absolute Gasteiger partial charge is 0.416 e. The number of hydrogen-bond donors (Lipinski definition) is 1. The minimum Gasteiger partial charge on any atom is -0.487 e. The summed E-state index contributed by atoms with van der Waals surface area (Å²) in [6, 6.07) is 7.75. The van der Waals surface area contributed by atoms with Crippen LogP contribution in [-0.2, 0) is 12.6 Å². The van der Waals surface area contributed by atoms with Gasteiger partial charge in [-0.1, -0.05) is 12.1 Å². The lowest BCUT2D eigenvalue weighted by molar-refractivity contribution is -0.137. The molecule has 4 rings (SSSR count). The van der Waals surface area contributed by atoms with Crippen LogP contribution in [0.15, 0.2) is 42.2 Å². The van der Waals surface area contributed by atoms with Crippen molar-refractivity contribution in [3.05, 3.63) is 64.4 Å². The molecule has 0 unspecified atom stereocenters. The summed E-state index contributed by atoms with van der Waals surface area (Å²) < 4.78 is 49.6. The Hall–Kier alpha value is -2.80. The fraction of sp³-hybridized carbons (Fsp3) is 0.286. The van der Waals surface area contributed by atoms with E-state index >= 15 is 0 Å². The van der Waals surface area contributed by atoms with Gasteiger partial charge in [0.1, 0.15) is 17.6 Å². The van der Waals surface area contributed by atoms with Crippen LogP contribution >= 0.6 is 0 Å². The zero-order chi connectivity index (χ0) is 20.3. The molecule has 0 aliphatic carbocycles. The fourth-order valence-corrected chi connectivity index (χ4v) is 3.29. The third-order valence-electron chi connectivity index (χ3n) is 4.88. The summed E-state index contributed by atoms with van der Waals surface area (Å²) in [6.07, 6.45) is -3.07. The lowest BCUT2D eigenvalue weighted by Gasteiger charge is -2.24. The first-order valence-corrected chi connectivity index (χ1v) is 8.70. The van der Waals surface area contributed by atoms with Crippen molar-refractivity contribution in [3.8, 4) is 11.5 Å². The SMILES string of the molecule is CC(C)(O)[C@H]1Cc2c(ccc3c2O/C(=C\c2ccc(C(F)(F)F)cc2)C3=O)O1. The number of alkyl halides is 3. The van der Waals surface area contributed by atoms with Crippen LogP contribution in [0, 0.1) is 0 Å². The molecule has 28 heavy (non-hydrogen) atoms. The molecule has 0 radical (unpaired) electrons. The maximum atomic E-state index is 12.7. The average Bonchev–Trinajstić information content (AvgIpc) is 3.17. The number of halogens is 3. The molecule has 0 amide bonds. The van der Waals surface area contributed by atoms with Gasteiger partial charge in [0.15, 0.2) is 5.76 Å². The van der Waals surface area contributed by atoms with Crippen LogP contribution < -0.4 is 9.47 Å². The first-order valence-electron chi connectivity index (χ1n) is 8.70. The standard InChI is InChI=1S/C21H17F3O4/c1-20(2,26)17-10-14-15(27-17)8-7-13-18(25)16(28-19(13)14)9-11-3-5-12(6-4-11)21(22,23)24/h3-9,17,26H,10H2,1-2H3/b16-9-/t17-/m1/s1. The summed E-state index contributed by atoms with van der Waals surface area (Å²) >= 11 is 0. The monoisotopic (exact) mass is 390 g/mol. The van der Waals surface area contributed by atoms with Gasteiger partial charge in [0.25, 0.3) is 0 Å². The average molecular weight is 390 g/mol. The largest absolute Gasteiger partial charge is 0.487 e. The van der Waals surface area contributed by atoms with Gasteiger partial charge in [-0.25, -0.2) is 0 Å². The maximum Gasteiger partial charge on any atom is 0.416 e. The molecule has 0 fully saturated rings. The molecule has 7 heteroatoms. The van der Waals surface area contributed by atoms with Crippen molar-refractivity contribution in [3.63, 3.8) is 0 Å². The number of carbonyl (C=O) groups is 1.